The third kappa shape index (κ3) is 4.56. The van der Waals surface area contributed by atoms with E-state index in [2.05, 4.69) is 15.3 Å². The highest BCUT2D eigenvalue weighted by atomic mass is 32.1. The molecule has 0 aliphatic carbocycles. The Kier molecular flexibility index (Phi) is 6.17. The molecule has 156 valence electrons. The van der Waals surface area contributed by atoms with Gasteiger partial charge in [-0.15, -0.1) is 11.3 Å². The minimum Gasteiger partial charge on any atom is -0.379 e. The molecule has 1 saturated heterocycles. The first-order valence-electron chi connectivity index (χ1n) is 9.59. The second-order valence-electron chi connectivity index (χ2n) is 6.79. The van der Waals surface area contributed by atoms with Crippen molar-refractivity contribution in [2.45, 2.75) is 0 Å². The Labute approximate surface area is 177 Å². The summed E-state index contributed by atoms with van der Waals surface area (Å²) in [4.78, 5) is 26.8. The average molecular weight is 427 g/mol. The number of hydrogen-bond acceptors (Lipinski definition) is 7. The van der Waals surface area contributed by atoms with Crippen LogP contribution in [0.2, 0.25) is 0 Å². The first-order chi connectivity index (χ1) is 14.6. The Balaban J connectivity index is 1.58. The fraction of sp³-hybridized carbons (Fsp3) is 0.300. The van der Waals surface area contributed by atoms with E-state index >= 15 is 0 Å². The van der Waals surface area contributed by atoms with Crippen molar-refractivity contribution in [1.29, 1.82) is 0 Å². The molecule has 0 spiro atoms. The summed E-state index contributed by atoms with van der Waals surface area (Å²) >= 11 is 1.52. The molecule has 1 aliphatic rings. The molecule has 30 heavy (non-hydrogen) atoms. The number of nitrogens with one attached hydrogen (secondary N) is 1. The molecule has 0 radical (unpaired) electrons. The number of nitro groups is 1. The highest BCUT2D eigenvalue weighted by molar-refractivity contribution is 7.13. The first-order valence-corrected chi connectivity index (χ1v) is 10.5. The maximum absolute atomic E-state index is 12.9. The molecule has 0 atom stereocenters. The molecule has 3 heterocycles. The summed E-state index contributed by atoms with van der Waals surface area (Å²) in [6, 6.07) is 11.7. The molecular formula is C20H21N5O4S. The van der Waals surface area contributed by atoms with Gasteiger partial charge < -0.3 is 10.1 Å². The Hall–Kier alpha value is -3.08. The number of amides is 1. The summed E-state index contributed by atoms with van der Waals surface area (Å²) in [5.74, 6) is -0.273. The molecule has 1 amide bonds. The van der Waals surface area contributed by atoms with Gasteiger partial charge >= 0.3 is 0 Å². The molecule has 1 aliphatic heterocycles. The van der Waals surface area contributed by atoms with E-state index in [4.69, 9.17) is 4.74 Å². The monoisotopic (exact) mass is 427 g/mol. The van der Waals surface area contributed by atoms with Gasteiger partial charge in [-0.2, -0.15) is 5.10 Å². The minimum atomic E-state index is -0.463. The minimum absolute atomic E-state index is 0.0562. The van der Waals surface area contributed by atoms with E-state index in [1.165, 1.54) is 28.2 Å². The van der Waals surface area contributed by atoms with Crippen LogP contribution in [0.15, 0.2) is 47.8 Å². The van der Waals surface area contributed by atoms with Crippen molar-refractivity contribution in [2.24, 2.45) is 0 Å². The number of benzene rings is 1. The van der Waals surface area contributed by atoms with Gasteiger partial charge in [-0.25, -0.2) is 4.68 Å². The van der Waals surface area contributed by atoms with E-state index in [9.17, 15) is 14.9 Å². The van der Waals surface area contributed by atoms with E-state index in [1.807, 2.05) is 17.5 Å². The Bertz CT molecular complexity index is 1030. The summed E-state index contributed by atoms with van der Waals surface area (Å²) in [7, 11) is 0. The molecule has 3 aromatic rings. The maximum atomic E-state index is 12.9. The number of nitro benzene ring substituents is 1. The fourth-order valence-corrected chi connectivity index (χ4v) is 3.95. The number of non-ortho nitro benzene ring substituents is 1. The summed E-state index contributed by atoms with van der Waals surface area (Å²) in [6.45, 7) is 4.34. The van der Waals surface area contributed by atoms with Crippen LogP contribution in [0.4, 0.5) is 5.69 Å². The maximum Gasteiger partial charge on any atom is 0.271 e. The average Bonchev–Trinajstić information content (AvgIpc) is 3.44. The third-order valence-corrected chi connectivity index (χ3v) is 5.71. The zero-order valence-electron chi connectivity index (χ0n) is 16.2. The number of rotatable bonds is 7. The van der Waals surface area contributed by atoms with Gasteiger partial charge in [0.2, 0.25) is 0 Å². The van der Waals surface area contributed by atoms with E-state index < -0.39 is 4.92 Å². The zero-order valence-corrected chi connectivity index (χ0v) is 17.0. The van der Waals surface area contributed by atoms with E-state index in [0.29, 0.717) is 36.8 Å². The molecule has 1 aromatic carbocycles. The SMILES string of the molecule is O=C(NCCN1CCOCC1)c1cc(-c2cccs2)nn1-c1cccc([N+](=O)[O-])c1. The second-order valence-corrected chi connectivity index (χ2v) is 7.74. The standard InChI is InChI=1S/C20H21N5O4S/c26-20(21-6-7-23-8-10-29-11-9-23)18-14-17(19-5-2-12-30-19)22-24(18)15-3-1-4-16(13-15)25(27)28/h1-5,12-14H,6-11H2,(H,21,26). The summed E-state index contributed by atoms with van der Waals surface area (Å²) in [5.41, 5.74) is 1.39. The molecule has 0 unspecified atom stereocenters. The Morgan fingerprint density at radius 2 is 2.07 bits per heavy atom. The Morgan fingerprint density at radius 1 is 1.23 bits per heavy atom. The number of ether oxygens (including phenoxy) is 1. The first kappa shape index (κ1) is 20.2. The molecule has 1 N–H and O–H groups in total. The molecule has 0 bridgehead atoms. The van der Waals surface area contributed by atoms with Crippen molar-refractivity contribution in [1.82, 2.24) is 20.0 Å². The van der Waals surface area contributed by atoms with Crippen LogP contribution in [0, 0.1) is 10.1 Å². The number of hydrogen-bond donors (Lipinski definition) is 1. The lowest BCUT2D eigenvalue weighted by molar-refractivity contribution is -0.384. The van der Waals surface area contributed by atoms with Gasteiger partial charge in [0.1, 0.15) is 11.4 Å². The van der Waals surface area contributed by atoms with Crippen LogP contribution in [0.1, 0.15) is 10.5 Å². The van der Waals surface area contributed by atoms with Crippen molar-refractivity contribution in [3.05, 3.63) is 63.7 Å². The normalized spacial score (nSPS) is 14.5. The van der Waals surface area contributed by atoms with Gasteiger partial charge in [0, 0.05) is 38.3 Å². The van der Waals surface area contributed by atoms with Crippen LogP contribution >= 0.6 is 11.3 Å². The summed E-state index contributed by atoms with van der Waals surface area (Å²) in [6.07, 6.45) is 0. The Morgan fingerprint density at radius 3 is 2.80 bits per heavy atom. The molecule has 0 saturated carbocycles. The van der Waals surface area contributed by atoms with Crippen LogP contribution in [0.3, 0.4) is 0 Å². The van der Waals surface area contributed by atoms with Gasteiger partial charge in [0.05, 0.1) is 28.7 Å². The molecule has 2 aromatic heterocycles. The summed E-state index contributed by atoms with van der Waals surface area (Å²) < 4.78 is 6.80. The number of thiophene rings is 1. The predicted octanol–water partition coefficient (Wildman–Crippen LogP) is 2.57. The summed E-state index contributed by atoms with van der Waals surface area (Å²) in [5, 5.41) is 20.6. The highest BCUT2D eigenvalue weighted by Crippen LogP contribution is 2.26. The molecule has 4 rings (SSSR count). The van der Waals surface area contributed by atoms with Crippen LogP contribution in [-0.2, 0) is 4.74 Å². The van der Waals surface area contributed by atoms with E-state index in [-0.39, 0.29) is 11.6 Å². The van der Waals surface area contributed by atoms with Gasteiger partial charge in [-0.3, -0.25) is 19.8 Å². The van der Waals surface area contributed by atoms with Crippen molar-refractivity contribution in [3.8, 4) is 16.3 Å². The van der Waals surface area contributed by atoms with Gasteiger partial charge in [-0.05, 0) is 23.6 Å². The second kappa shape index (κ2) is 9.16. The lowest BCUT2D eigenvalue weighted by Crippen LogP contribution is -2.41. The highest BCUT2D eigenvalue weighted by Gasteiger charge is 2.20. The van der Waals surface area contributed by atoms with E-state index in [0.717, 1.165) is 24.5 Å². The number of carbonyl (C=O) groups excluding carboxylic acids is 1. The van der Waals surface area contributed by atoms with E-state index in [1.54, 1.807) is 18.2 Å². The molecule has 10 heteroatoms. The quantitative estimate of drug-likeness (QED) is 0.459. The van der Waals surface area contributed by atoms with Crippen LogP contribution in [-0.4, -0.2) is 64.9 Å². The number of morpholine rings is 1. The van der Waals surface area contributed by atoms with Gasteiger partial charge in [0.25, 0.3) is 11.6 Å². The van der Waals surface area contributed by atoms with Crippen molar-refractivity contribution in [2.75, 3.05) is 39.4 Å². The van der Waals surface area contributed by atoms with Crippen LogP contribution in [0.5, 0.6) is 0 Å². The number of nitrogens with zero attached hydrogens (tertiary/aromatic N) is 4. The van der Waals surface area contributed by atoms with Crippen LogP contribution in [0.25, 0.3) is 16.3 Å². The number of carbonyl (C=O) groups is 1. The smallest absolute Gasteiger partial charge is 0.271 e. The largest absolute Gasteiger partial charge is 0.379 e. The van der Waals surface area contributed by atoms with Crippen molar-refractivity contribution >= 4 is 22.9 Å². The van der Waals surface area contributed by atoms with Gasteiger partial charge in [-0.1, -0.05) is 12.1 Å². The predicted molar refractivity (Wildman–Crippen MR) is 113 cm³/mol. The molecule has 9 nitrogen and oxygen atoms in total. The zero-order chi connectivity index (χ0) is 20.9. The lowest BCUT2D eigenvalue weighted by atomic mass is 10.2. The number of aromatic nitrogens is 2. The van der Waals surface area contributed by atoms with Crippen molar-refractivity contribution in [3.63, 3.8) is 0 Å². The van der Waals surface area contributed by atoms with Gasteiger partial charge in [0.15, 0.2) is 0 Å². The third-order valence-electron chi connectivity index (χ3n) is 4.82. The topological polar surface area (TPSA) is 103 Å². The van der Waals surface area contributed by atoms with Crippen LogP contribution < -0.4 is 5.32 Å². The fourth-order valence-electron chi connectivity index (χ4n) is 3.27. The molecular weight excluding hydrogens is 406 g/mol. The lowest BCUT2D eigenvalue weighted by Gasteiger charge is -2.26. The molecule has 1 fully saturated rings. The van der Waals surface area contributed by atoms with Crippen molar-refractivity contribution < 1.29 is 14.5 Å².